The minimum Gasteiger partial charge on any atom is -0.444 e. The average Bonchev–Trinajstić information content (AvgIpc) is 2.39. The molecule has 0 radical (unpaired) electrons. The molecule has 1 heterocycles. The van der Waals surface area contributed by atoms with E-state index in [1.165, 1.54) is 0 Å². The number of hydrogen-bond donors (Lipinski definition) is 2. The zero-order valence-corrected chi connectivity index (χ0v) is 14.3. The number of nitrogens with one attached hydrogen (secondary N) is 1. The molecule has 1 saturated carbocycles. The van der Waals surface area contributed by atoms with Gasteiger partial charge in [-0.05, 0) is 65.5 Å². The van der Waals surface area contributed by atoms with E-state index in [9.17, 15) is 14.7 Å². The first-order valence-electron chi connectivity index (χ1n) is 8.01. The number of nitrogens with zero attached hydrogens (tertiary/aromatic N) is 1. The predicted octanol–water partition coefficient (Wildman–Crippen LogP) is 3.06. The van der Waals surface area contributed by atoms with Crippen LogP contribution in [-0.2, 0) is 4.74 Å². The van der Waals surface area contributed by atoms with Crippen LogP contribution in [0.4, 0.5) is 10.5 Å². The van der Waals surface area contributed by atoms with Gasteiger partial charge in [0.05, 0.1) is 5.60 Å². The van der Waals surface area contributed by atoms with Crippen LogP contribution < -0.4 is 10.9 Å². The lowest BCUT2D eigenvalue weighted by molar-refractivity contribution is 0.00956. The maximum absolute atomic E-state index is 12.6. The molecule has 6 heteroatoms. The number of carbonyl (C=O) groups is 1. The van der Waals surface area contributed by atoms with E-state index in [4.69, 9.17) is 4.74 Å². The molecule has 23 heavy (non-hydrogen) atoms. The van der Waals surface area contributed by atoms with Crippen molar-refractivity contribution in [3.63, 3.8) is 0 Å². The molecule has 2 N–H and O–H groups in total. The Balaban J connectivity index is 2.13. The topological polar surface area (TPSA) is 80.6 Å². The third kappa shape index (κ3) is 4.82. The lowest BCUT2D eigenvalue weighted by Crippen LogP contribution is -2.36. The summed E-state index contributed by atoms with van der Waals surface area (Å²) in [6.07, 6.45) is 3.89. The zero-order valence-electron chi connectivity index (χ0n) is 14.3. The molecule has 1 aliphatic rings. The van der Waals surface area contributed by atoms with E-state index in [-0.39, 0.29) is 17.3 Å². The molecule has 0 unspecified atom stereocenters. The number of rotatable bonds is 2. The van der Waals surface area contributed by atoms with Crippen molar-refractivity contribution in [1.82, 2.24) is 4.57 Å². The largest absolute Gasteiger partial charge is 0.444 e. The second kappa shape index (κ2) is 6.35. The molecule has 1 fully saturated rings. The van der Waals surface area contributed by atoms with E-state index in [0.717, 1.165) is 12.8 Å². The molecule has 1 aromatic heterocycles. The van der Waals surface area contributed by atoms with Crippen molar-refractivity contribution in [2.24, 2.45) is 0 Å². The smallest absolute Gasteiger partial charge is 0.412 e. The number of aliphatic hydroxyl groups is 1. The van der Waals surface area contributed by atoms with Crippen LogP contribution in [0.15, 0.2) is 23.1 Å². The van der Waals surface area contributed by atoms with Crippen molar-refractivity contribution >= 4 is 11.8 Å². The van der Waals surface area contributed by atoms with Gasteiger partial charge in [0.1, 0.15) is 11.3 Å². The molecule has 0 spiro atoms. The van der Waals surface area contributed by atoms with Gasteiger partial charge in [-0.15, -0.1) is 0 Å². The lowest BCUT2D eigenvalue weighted by Gasteiger charge is -2.34. The highest BCUT2D eigenvalue weighted by Gasteiger charge is 2.30. The highest BCUT2D eigenvalue weighted by atomic mass is 16.6. The molecule has 0 aromatic carbocycles. The lowest BCUT2D eigenvalue weighted by atomic mass is 9.83. The molecule has 0 atom stereocenters. The van der Waals surface area contributed by atoms with Crippen molar-refractivity contribution in [3.8, 4) is 0 Å². The van der Waals surface area contributed by atoms with Gasteiger partial charge in [0, 0.05) is 12.2 Å². The van der Waals surface area contributed by atoms with Gasteiger partial charge < -0.3 is 14.4 Å². The second-order valence-corrected chi connectivity index (χ2v) is 7.49. The molecule has 1 aromatic rings. The van der Waals surface area contributed by atoms with Crippen LogP contribution in [-0.4, -0.2) is 27.0 Å². The molecule has 2 rings (SSSR count). The molecule has 0 saturated heterocycles. The first-order valence-corrected chi connectivity index (χ1v) is 8.01. The van der Waals surface area contributed by atoms with Crippen molar-refractivity contribution in [3.05, 3.63) is 28.7 Å². The molecule has 0 bridgehead atoms. The fraction of sp³-hybridized carbons (Fsp3) is 0.647. The van der Waals surface area contributed by atoms with E-state index in [1.807, 2.05) is 6.92 Å². The Morgan fingerprint density at radius 1 is 1.39 bits per heavy atom. The number of hydrogen-bond acceptors (Lipinski definition) is 4. The van der Waals surface area contributed by atoms with E-state index in [2.05, 4.69) is 5.32 Å². The number of anilines is 1. The summed E-state index contributed by atoms with van der Waals surface area (Å²) in [4.78, 5) is 24.4. The van der Waals surface area contributed by atoms with Crippen molar-refractivity contribution < 1.29 is 14.6 Å². The van der Waals surface area contributed by atoms with Gasteiger partial charge in [-0.25, -0.2) is 4.79 Å². The Morgan fingerprint density at radius 2 is 2.00 bits per heavy atom. The third-order valence-electron chi connectivity index (χ3n) is 4.04. The highest BCUT2D eigenvalue weighted by Crippen LogP contribution is 2.33. The second-order valence-electron chi connectivity index (χ2n) is 7.49. The fourth-order valence-electron chi connectivity index (χ4n) is 2.81. The van der Waals surface area contributed by atoms with Crippen molar-refractivity contribution in [1.29, 1.82) is 0 Å². The summed E-state index contributed by atoms with van der Waals surface area (Å²) in [5.74, 6) is 0. The zero-order chi connectivity index (χ0) is 17.3. The number of carbonyl (C=O) groups excluding carboxylic acids is 1. The Bertz CT molecular complexity index is 618. The molecule has 6 nitrogen and oxygen atoms in total. The Labute approximate surface area is 136 Å². The summed E-state index contributed by atoms with van der Waals surface area (Å²) in [6, 6.07) is 3.35. The Morgan fingerprint density at radius 3 is 2.57 bits per heavy atom. The Kier molecular flexibility index (Phi) is 4.84. The van der Waals surface area contributed by atoms with Gasteiger partial charge in [-0.1, -0.05) is 0 Å². The van der Waals surface area contributed by atoms with Crippen LogP contribution in [0.5, 0.6) is 0 Å². The van der Waals surface area contributed by atoms with Crippen molar-refractivity contribution in [2.75, 3.05) is 5.32 Å². The summed E-state index contributed by atoms with van der Waals surface area (Å²) in [5.41, 5.74) is -1.30. The molecule has 1 aliphatic carbocycles. The average molecular weight is 322 g/mol. The number of ether oxygens (including phenoxy) is 1. The minimum atomic E-state index is -0.646. The Hall–Kier alpha value is -1.82. The normalized spacial score (nSPS) is 25.0. The van der Waals surface area contributed by atoms with Gasteiger partial charge in [0.25, 0.3) is 5.56 Å². The summed E-state index contributed by atoms with van der Waals surface area (Å²) in [5, 5.41) is 12.5. The quantitative estimate of drug-likeness (QED) is 0.877. The minimum absolute atomic E-state index is 0.0445. The van der Waals surface area contributed by atoms with Gasteiger partial charge in [0.15, 0.2) is 0 Å². The number of amides is 1. The molecule has 0 aliphatic heterocycles. The van der Waals surface area contributed by atoms with Gasteiger partial charge in [-0.3, -0.25) is 10.1 Å². The monoisotopic (exact) mass is 322 g/mol. The SMILES string of the molecule is CC(C)(C)OC(=O)Nc1cccn([C@H]2CC[C@@](C)(O)CC2)c1=O. The van der Waals surface area contributed by atoms with Crippen LogP contribution in [0.25, 0.3) is 0 Å². The van der Waals surface area contributed by atoms with Crippen LogP contribution >= 0.6 is 0 Å². The molecule has 128 valence electrons. The fourth-order valence-corrected chi connectivity index (χ4v) is 2.81. The summed E-state index contributed by atoms with van der Waals surface area (Å²) >= 11 is 0. The third-order valence-corrected chi connectivity index (χ3v) is 4.04. The van der Waals surface area contributed by atoms with E-state index in [0.29, 0.717) is 12.8 Å². The van der Waals surface area contributed by atoms with Crippen molar-refractivity contribution in [2.45, 2.75) is 70.6 Å². The first-order chi connectivity index (χ1) is 10.6. The predicted molar refractivity (Wildman–Crippen MR) is 88.7 cm³/mol. The number of pyridine rings is 1. The van der Waals surface area contributed by atoms with Gasteiger partial charge in [0.2, 0.25) is 0 Å². The van der Waals surface area contributed by atoms with Crippen LogP contribution in [0.2, 0.25) is 0 Å². The molecular formula is C17H26N2O4. The maximum atomic E-state index is 12.6. The van der Waals surface area contributed by atoms with E-state index < -0.39 is 17.3 Å². The first kappa shape index (κ1) is 17.5. The van der Waals surface area contributed by atoms with Gasteiger partial charge in [-0.2, -0.15) is 0 Å². The summed E-state index contributed by atoms with van der Waals surface area (Å²) in [7, 11) is 0. The summed E-state index contributed by atoms with van der Waals surface area (Å²) in [6.45, 7) is 7.13. The highest BCUT2D eigenvalue weighted by molar-refractivity contribution is 5.84. The van der Waals surface area contributed by atoms with Crippen LogP contribution in [0, 0.1) is 0 Å². The molecule has 1 amide bonds. The summed E-state index contributed by atoms with van der Waals surface area (Å²) < 4.78 is 6.82. The van der Waals surface area contributed by atoms with Crippen LogP contribution in [0.1, 0.15) is 59.4 Å². The molecular weight excluding hydrogens is 296 g/mol. The maximum Gasteiger partial charge on any atom is 0.412 e. The van der Waals surface area contributed by atoms with E-state index in [1.54, 1.807) is 43.7 Å². The van der Waals surface area contributed by atoms with Gasteiger partial charge >= 0.3 is 6.09 Å². The van der Waals surface area contributed by atoms with E-state index >= 15 is 0 Å². The standard InChI is InChI=1S/C17H26N2O4/c1-16(2,3)23-15(21)18-13-6-5-11-19(14(13)20)12-7-9-17(4,22)10-8-12/h5-6,11-12,22H,7-10H2,1-4H3,(H,18,21)/t12-,17+. The van der Waals surface area contributed by atoms with Crippen LogP contribution in [0.3, 0.4) is 0 Å². The number of aromatic nitrogens is 1.